The van der Waals surface area contributed by atoms with Crippen molar-refractivity contribution in [1.29, 1.82) is 0 Å². The zero-order chi connectivity index (χ0) is 12.3. The maximum absolute atomic E-state index is 12.4. The molecule has 0 aromatic heterocycles. The van der Waals surface area contributed by atoms with E-state index in [4.69, 9.17) is 5.73 Å². The Morgan fingerprint density at radius 3 is 2.62 bits per heavy atom. The van der Waals surface area contributed by atoms with Gasteiger partial charge in [0.2, 0.25) is 5.91 Å². The molecule has 1 saturated carbocycles. The Bertz CT molecular complexity index is 250. The third-order valence-electron chi connectivity index (χ3n) is 4.15. The van der Waals surface area contributed by atoms with E-state index in [-0.39, 0.29) is 17.4 Å². The lowest BCUT2D eigenvalue weighted by Gasteiger charge is -2.33. The van der Waals surface area contributed by atoms with Gasteiger partial charge in [-0.3, -0.25) is 4.79 Å². The molecule has 1 aliphatic rings. The number of rotatable bonds is 4. The molecule has 16 heavy (non-hydrogen) atoms. The topological polar surface area (TPSA) is 46.3 Å². The van der Waals surface area contributed by atoms with E-state index in [2.05, 4.69) is 20.8 Å². The SMILES string of the molecule is CC(CCN)N(C)C(=O)C1CCCC1(C)C. The molecule has 0 spiro atoms. The maximum atomic E-state index is 12.4. The summed E-state index contributed by atoms with van der Waals surface area (Å²) < 4.78 is 0. The lowest BCUT2D eigenvalue weighted by atomic mass is 9.81. The fraction of sp³-hybridized carbons (Fsp3) is 0.923. The van der Waals surface area contributed by atoms with Gasteiger partial charge in [0.25, 0.3) is 0 Å². The first kappa shape index (κ1) is 13.5. The van der Waals surface area contributed by atoms with Gasteiger partial charge in [0.1, 0.15) is 0 Å². The first-order valence-electron chi connectivity index (χ1n) is 6.37. The fourth-order valence-corrected chi connectivity index (χ4v) is 2.68. The Kier molecular flexibility index (Phi) is 4.36. The fourth-order valence-electron chi connectivity index (χ4n) is 2.68. The number of amides is 1. The van der Waals surface area contributed by atoms with Crippen molar-refractivity contribution in [2.45, 2.75) is 52.5 Å². The highest BCUT2D eigenvalue weighted by molar-refractivity contribution is 5.80. The van der Waals surface area contributed by atoms with Crippen molar-refractivity contribution < 1.29 is 4.79 Å². The summed E-state index contributed by atoms with van der Waals surface area (Å²) in [7, 11) is 1.91. The minimum Gasteiger partial charge on any atom is -0.343 e. The first-order valence-corrected chi connectivity index (χ1v) is 6.37. The van der Waals surface area contributed by atoms with Crippen molar-refractivity contribution in [3.05, 3.63) is 0 Å². The van der Waals surface area contributed by atoms with E-state index >= 15 is 0 Å². The van der Waals surface area contributed by atoms with Gasteiger partial charge in [0, 0.05) is 19.0 Å². The lowest BCUT2D eigenvalue weighted by Crippen LogP contribution is -2.42. The smallest absolute Gasteiger partial charge is 0.226 e. The van der Waals surface area contributed by atoms with Crippen molar-refractivity contribution in [3.8, 4) is 0 Å². The normalized spacial score (nSPS) is 25.4. The van der Waals surface area contributed by atoms with Gasteiger partial charge in [-0.25, -0.2) is 0 Å². The second-order valence-electron chi connectivity index (χ2n) is 5.81. The third-order valence-corrected chi connectivity index (χ3v) is 4.15. The minimum absolute atomic E-state index is 0.174. The van der Waals surface area contributed by atoms with Crippen LogP contribution in [0, 0.1) is 11.3 Å². The molecule has 0 heterocycles. The lowest BCUT2D eigenvalue weighted by molar-refractivity contribution is -0.138. The Labute approximate surface area is 99.4 Å². The quantitative estimate of drug-likeness (QED) is 0.797. The molecule has 0 aromatic rings. The van der Waals surface area contributed by atoms with Crippen molar-refractivity contribution in [2.75, 3.05) is 13.6 Å². The second-order valence-corrected chi connectivity index (χ2v) is 5.81. The number of hydrogen-bond donors (Lipinski definition) is 1. The molecule has 3 heteroatoms. The summed E-state index contributed by atoms with van der Waals surface area (Å²) in [6.45, 7) is 7.15. The van der Waals surface area contributed by atoms with E-state index in [0.29, 0.717) is 12.5 Å². The van der Waals surface area contributed by atoms with Gasteiger partial charge >= 0.3 is 0 Å². The van der Waals surface area contributed by atoms with Gasteiger partial charge in [-0.1, -0.05) is 20.3 Å². The number of nitrogens with zero attached hydrogens (tertiary/aromatic N) is 1. The molecule has 1 fully saturated rings. The molecule has 2 N–H and O–H groups in total. The van der Waals surface area contributed by atoms with Crippen LogP contribution in [0.2, 0.25) is 0 Å². The van der Waals surface area contributed by atoms with Crippen molar-refractivity contribution in [2.24, 2.45) is 17.1 Å². The summed E-state index contributed by atoms with van der Waals surface area (Å²) in [5, 5.41) is 0. The molecule has 0 saturated heterocycles. The predicted molar refractivity (Wildman–Crippen MR) is 67.0 cm³/mol. The van der Waals surface area contributed by atoms with Crippen LogP contribution in [0.5, 0.6) is 0 Å². The Morgan fingerprint density at radius 2 is 2.19 bits per heavy atom. The first-order chi connectivity index (χ1) is 7.40. The second kappa shape index (κ2) is 5.17. The summed E-state index contributed by atoms with van der Waals surface area (Å²) in [4.78, 5) is 14.3. The van der Waals surface area contributed by atoms with E-state index in [9.17, 15) is 4.79 Å². The summed E-state index contributed by atoms with van der Waals surface area (Å²) in [6, 6.07) is 0.258. The van der Waals surface area contributed by atoms with Crippen LogP contribution in [0.4, 0.5) is 0 Å². The zero-order valence-corrected chi connectivity index (χ0v) is 11.1. The molecule has 0 radical (unpaired) electrons. The van der Waals surface area contributed by atoms with Crippen molar-refractivity contribution in [3.63, 3.8) is 0 Å². The number of nitrogens with two attached hydrogens (primary N) is 1. The van der Waals surface area contributed by atoms with Crippen LogP contribution in [-0.4, -0.2) is 30.4 Å². The van der Waals surface area contributed by atoms with Crippen molar-refractivity contribution >= 4 is 5.91 Å². The van der Waals surface area contributed by atoms with Crippen LogP contribution in [0.3, 0.4) is 0 Å². The van der Waals surface area contributed by atoms with E-state index in [0.717, 1.165) is 12.8 Å². The minimum atomic E-state index is 0.174. The standard InChI is InChI=1S/C13H26N2O/c1-10(7-9-14)15(4)12(16)11-6-5-8-13(11,2)3/h10-11H,5-9,14H2,1-4H3. The molecule has 0 aliphatic heterocycles. The zero-order valence-electron chi connectivity index (χ0n) is 11.1. The van der Waals surface area contributed by atoms with Gasteiger partial charge in [-0.2, -0.15) is 0 Å². The molecule has 1 aliphatic carbocycles. The van der Waals surface area contributed by atoms with Gasteiger partial charge in [-0.05, 0) is 38.1 Å². The predicted octanol–water partition coefficient (Wildman–Crippen LogP) is 2.01. The molecule has 0 aromatic carbocycles. The van der Waals surface area contributed by atoms with Crippen LogP contribution >= 0.6 is 0 Å². The van der Waals surface area contributed by atoms with Crippen LogP contribution in [0.15, 0.2) is 0 Å². The van der Waals surface area contributed by atoms with E-state index in [1.807, 2.05) is 11.9 Å². The molecule has 1 amide bonds. The highest BCUT2D eigenvalue weighted by atomic mass is 16.2. The number of hydrogen-bond acceptors (Lipinski definition) is 2. The van der Waals surface area contributed by atoms with Gasteiger partial charge in [-0.15, -0.1) is 0 Å². The summed E-state index contributed by atoms with van der Waals surface area (Å²) in [6.07, 6.45) is 4.28. The highest BCUT2D eigenvalue weighted by Crippen LogP contribution is 2.43. The van der Waals surface area contributed by atoms with E-state index < -0.39 is 0 Å². The number of carbonyl (C=O) groups excluding carboxylic acids is 1. The number of carbonyl (C=O) groups is 1. The van der Waals surface area contributed by atoms with E-state index in [1.54, 1.807) is 0 Å². The maximum Gasteiger partial charge on any atom is 0.226 e. The molecule has 2 unspecified atom stereocenters. The Hall–Kier alpha value is -0.570. The van der Waals surface area contributed by atoms with Crippen LogP contribution in [0.25, 0.3) is 0 Å². The molecule has 94 valence electrons. The largest absolute Gasteiger partial charge is 0.343 e. The average molecular weight is 226 g/mol. The van der Waals surface area contributed by atoms with Crippen LogP contribution in [0.1, 0.15) is 46.5 Å². The van der Waals surface area contributed by atoms with Crippen LogP contribution < -0.4 is 5.73 Å². The van der Waals surface area contributed by atoms with Gasteiger partial charge in [0.05, 0.1) is 0 Å². The van der Waals surface area contributed by atoms with E-state index in [1.165, 1.54) is 12.8 Å². The molecule has 0 bridgehead atoms. The third kappa shape index (κ3) is 2.76. The summed E-state index contributed by atoms with van der Waals surface area (Å²) in [5.74, 6) is 0.515. The van der Waals surface area contributed by atoms with Crippen molar-refractivity contribution in [1.82, 2.24) is 4.90 Å². The summed E-state index contributed by atoms with van der Waals surface area (Å²) in [5.41, 5.74) is 5.71. The molecular weight excluding hydrogens is 200 g/mol. The molecule has 1 rings (SSSR count). The Balaban J connectivity index is 2.63. The monoisotopic (exact) mass is 226 g/mol. The van der Waals surface area contributed by atoms with Gasteiger partial charge in [0.15, 0.2) is 0 Å². The van der Waals surface area contributed by atoms with Gasteiger partial charge < -0.3 is 10.6 Å². The molecule has 2 atom stereocenters. The molecule has 3 nitrogen and oxygen atoms in total. The Morgan fingerprint density at radius 1 is 1.56 bits per heavy atom. The average Bonchev–Trinajstić information content (AvgIpc) is 2.56. The molecular formula is C13H26N2O. The highest BCUT2D eigenvalue weighted by Gasteiger charge is 2.40. The summed E-state index contributed by atoms with van der Waals surface area (Å²) >= 11 is 0. The van der Waals surface area contributed by atoms with Crippen LogP contribution in [-0.2, 0) is 4.79 Å².